The largest absolute Gasteiger partial charge is 0.377 e. The molecule has 122 valence electrons. The van der Waals surface area contributed by atoms with E-state index in [1.807, 2.05) is 30.9 Å². The van der Waals surface area contributed by atoms with Gasteiger partial charge in [0.2, 0.25) is 0 Å². The Balaban J connectivity index is 2.13. The summed E-state index contributed by atoms with van der Waals surface area (Å²) in [5, 5.41) is 3.09. The SMILES string of the molecule is Cc1cc(Br)cc(C)c1NC(=O)N1CCOCC1CC(C)C. The van der Waals surface area contributed by atoms with Gasteiger partial charge in [0.15, 0.2) is 0 Å². The Morgan fingerprint density at radius 2 is 2.05 bits per heavy atom. The van der Waals surface area contributed by atoms with Crippen LogP contribution < -0.4 is 5.32 Å². The number of hydrogen-bond acceptors (Lipinski definition) is 2. The summed E-state index contributed by atoms with van der Waals surface area (Å²) in [5.41, 5.74) is 3.03. The van der Waals surface area contributed by atoms with Crippen LogP contribution in [-0.4, -0.2) is 36.7 Å². The first kappa shape index (κ1) is 17.3. The van der Waals surface area contributed by atoms with Crippen LogP contribution in [0.4, 0.5) is 10.5 Å². The van der Waals surface area contributed by atoms with E-state index in [0.29, 0.717) is 25.7 Å². The van der Waals surface area contributed by atoms with Crippen molar-refractivity contribution in [3.05, 3.63) is 27.7 Å². The second-order valence-electron chi connectivity index (χ2n) is 6.40. The van der Waals surface area contributed by atoms with E-state index in [-0.39, 0.29) is 12.1 Å². The molecule has 1 N–H and O–H groups in total. The minimum atomic E-state index is -0.0255. The molecule has 1 fully saturated rings. The van der Waals surface area contributed by atoms with Gasteiger partial charge in [-0.2, -0.15) is 0 Å². The summed E-state index contributed by atoms with van der Waals surface area (Å²) in [7, 11) is 0. The zero-order valence-corrected chi connectivity index (χ0v) is 15.4. The van der Waals surface area contributed by atoms with Crippen LogP contribution in [0.3, 0.4) is 0 Å². The summed E-state index contributed by atoms with van der Waals surface area (Å²) in [6.07, 6.45) is 0.964. The average Bonchev–Trinajstić information content (AvgIpc) is 2.42. The zero-order chi connectivity index (χ0) is 16.3. The molecule has 1 unspecified atom stereocenters. The first-order chi connectivity index (χ1) is 10.4. The molecule has 1 aliphatic heterocycles. The van der Waals surface area contributed by atoms with Gasteiger partial charge >= 0.3 is 6.03 Å². The highest BCUT2D eigenvalue weighted by Gasteiger charge is 2.28. The Morgan fingerprint density at radius 3 is 2.64 bits per heavy atom. The van der Waals surface area contributed by atoms with Crippen LogP contribution in [0.15, 0.2) is 16.6 Å². The first-order valence-electron chi connectivity index (χ1n) is 7.80. The number of ether oxygens (including phenoxy) is 1. The van der Waals surface area contributed by atoms with Crippen molar-refractivity contribution in [3.63, 3.8) is 0 Å². The molecule has 4 nitrogen and oxygen atoms in total. The molecule has 1 saturated heterocycles. The van der Waals surface area contributed by atoms with Crippen LogP contribution in [0, 0.1) is 19.8 Å². The van der Waals surface area contributed by atoms with Gasteiger partial charge in [-0.05, 0) is 49.4 Å². The van der Waals surface area contributed by atoms with E-state index >= 15 is 0 Å². The van der Waals surface area contributed by atoms with Gasteiger partial charge in [0.05, 0.1) is 19.3 Å². The minimum absolute atomic E-state index is 0.0255. The van der Waals surface area contributed by atoms with Crippen LogP contribution in [-0.2, 0) is 4.74 Å². The number of nitrogens with one attached hydrogen (secondary N) is 1. The molecule has 0 bridgehead atoms. The number of aryl methyl sites for hydroxylation is 2. The maximum absolute atomic E-state index is 12.7. The van der Waals surface area contributed by atoms with Crippen molar-refractivity contribution in [1.82, 2.24) is 4.90 Å². The number of anilines is 1. The third-order valence-corrected chi connectivity index (χ3v) is 4.42. The molecule has 2 amide bonds. The van der Waals surface area contributed by atoms with Crippen LogP contribution in [0.2, 0.25) is 0 Å². The highest BCUT2D eigenvalue weighted by molar-refractivity contribution is 9.10. The van der Waals surface area contributed by atoms with Gasteiger partial charge in [-0.3, -0.25) is 0 Å². The van der Waals surface area contributed by atoms with E-state index in [1.165, 1.54) is 0 Å². The maximum Gasteiger partial charge on any atom is 0.322 e. The number of benzene rings is 1. The number of morpholine rings is 1. The Bertz CT molecular complexity index is 522. The van der Waals surface area contributed by atoms with Crippen molar-refractivity contribution < 1.29 is 9.53 Å². The molecule has 1 atom stereocenters. The number of nitrogens with zero attached hydrogens (tertiary/aromatic N) is 1. The van der Waals surface area contributed by atoms with Crippen molar-refractivity contribution in [1.29, 1.82) is 0 Å². The number of rotatable bonds is 3. The molecule has 0 saturated carbocycles. The zero-order valence-electron chi connectivity index (χ0n) is 13.8. The van der Waals surface area contributed by atoms with Gasteiger partial charge in [-0.25, -0.2) is 4.79 Å². The third-order valence-electron chi connectivity index (χ3n) is 3.96. The number of carbonyl (C=O) groups is 1. The number of amides is 2. The Labute approximate surface area is 141 Å². The number of urea groups is 1. The van der Waals surface area contributed by atoms with Crippen LogP contribution >= 0.6 is 15.9 Å². The smallest absolute Gasteiger partial charge is 0.322 e. The van der Waals surface area contributed by atoms with Crippen molar-refractivity contribution in [2.45, 2.75) is 40.2 Å². The van der Waals surface area contributed by atoms with Crippen molar-refractivity contribution >= 4 is 27.6 Å². The summed E-state index contributed by atoms with van der Waals surface area (Å²) in [5.74, 6) is 0.540. The molecule has 0 spiro atoms. The quantitative estimate of drug-likeness (QED) is 0.861. The average molecular weight is 369 g/mol. The second-order valence-corrected chi connectivity index (χ2v) is 7.31. The maximum atomic E-state index is 12.7. The van der Waals surface area contributed by atoms with E-state index in [4.69, 9.17) is 4.74 Å². The molecule has 1 heterocycles. The lowest BCUT2D eigenvalue weighted by atomic mass is 10.0. The predicted octanol–water partition coefficient (Wildman–Crippen LogP) is 4.34. The lowest BCUT2D eigenvalue weighted by molar-refractivity contribution is 0.00857. The molecule has 22 heavy (non-hydrogen) atoms. The highest BCUT2D eigenvalue weighted by Crippen LogP contribution is 2.26. The number of carbonyl (C=O) groups excluding carboxylic acids is 1. The molecule has 5 heteroatoms. The van der Waals surface area contributed by atoms with Gasteiger partial charge in [0, 0.05) is 16.7 Å². The molecule has 1 aromatic carbocycles. The van der Waals surface area contributed by atoms with Gasteiger partial charge in [-0.15, -0.1) is 0 Å². The topological polar surface area (TPSA) is 41.6 Å². The molecule has 0 radical (unpaired) electrons. The normalized spacial score (nSPS) is 18.6. The standard InChI is InChI=1S/C17H25BrN2O2/c1-11(2)7-15-10-22-6-5-20(15)17(21)19-16-12(3)8-14(18)9-13(16)4/h8-9,11,15H,5-7,10H2,1-4H3,(H,19,21). The molecule has 0 aliphatic carbocycles. The molecule has 1 aliphatic rings. The van der Waals surface area contributed by atoms with Gasteiger partial charge in [-0.1, -0.05) is 29.8 Å². The lowest BCUT2D eigenvalue weighted by Gasteiger charge is -2.36. The van der Waals surface area contributed by atoms with Gasteiger partial charge in [0.1, 0.15) is 0 Å². The third kappa shape index (κ3) is 4.23. The Hall–Kier alpha value is -1.07. The summed E-state index contributed by atoms with van der Waals surface area (Å²) in [4.78, 5) is 14.6. The van der Waals surface area contributed by atoms with E-state index in [2.05, 4.69) is 35.1 Å². The molecule has 2 rings (SSSR count). The van der Waals surface area contributed by atoms with E-state index < -0.39 is 0 Å². The molecular formula is C17H25BrN2O2. The highest BCUT2D eigenvalue weighted by atomic mass is 79.9. The Kier molecular flexibility index (Phi) is 5.87. The monoisotopic (exact) mass is 368 g/mol. The van der Waals surface area contributed by atoms with Crippen LogP contribution in [0.1, 0.15) is 31.4 Å². The fourth-order valence-corrected chi connectivity index (χ4v) is 3.63. The minimum Gasteiger partial charge on any atom is -0.377 e. The fourth-order valence-electron chi connectivity index (χ4n) is 2.95. The summed E-state index contributed by atoms with van der Waals surface area (Å²) in [6.45, 7) is 10.3. The van der Waals surface area contributed by atoms with Gasteiger partial charge < -0.3 is 15.0 Å². The number of hydrogen-bond donors (Lipinski definition) is 1. The predicted molar refractivity (Wildman–Crippen MR) is 93.4 cm³/mol. The number of halogens is 1. The van der Waals surface area contributed by atoms with Crippen molar-refractivity contribution in [2.24, 2.45) is 5.92 Å². The van der Waals surface area contributed by atoms with E-state index in [0.717, 1.165) is 27.7 Å². The van der Waals surface area contributed by atoms with E-state index in [1.54, 1.807) is 0 Å². The summed E-state index contributed by atoms with van der Waals surface area (Å²) < 4.78 is 6.58. The molecule has 1 aromatic rings. The van der Waals surface area contributed by atoms with Crippen molar-refractivity contribution in [3.8, 4) is 0 Å². The summed E-state index contributed by atoms with van der Waals surface area (Å²) >= 11 is 3.49. The molecule has 0 aromatic heterocycles. The fraction of sp³-hybridized carbons (Fsp3) is 0.588. The summed E-state index contributed by atoms with van der Waals surface area (Å²) in [6, 6.07) is 4.17. The van der Waals surface area contributed by atoms with E-state index in [9.17, 15) is 4.79 Å². The Morgan fingerprint density at radius 1 is 1.41 bits per heavy atom. The second kappa shape index (κ2) is 7.47. The lowest BCUT2D eigenvalue weighted by Crippen LogP contribution is -2.50. The van der Waals surface area contributed by atoms with Crippen molar-refractivity contribution in [2.75, 3.05) is 25.1 Å². The molecular weight excluding hydrogens is 344 g/mol. The van der Waals surface area contributed by atoms with Crippen LogP contribution in [0.25, 0.3) is 0 Å². The van der Waals surface area contributed by atoms with Crippen LogP contribution in [0.5, 0.6) is 0 Å². The first-order valence-corrected chi connectivity index (χ1v) is 8.60. The van der Waals surface area contributed by atoms with Gasteiger partial charge in [0.25, 0.3) is 0 Å².